The Morgan fingerprint density at radius 3 is 2.93 bits per heavy atom. The summed E-state index contributed by atoms with van der Waals surface area (Å²) in [6.07, 6.45) is 3.99. The number of nitrogen functional groups attached to an aromatic ring is 1. The van der Waals surface area contributed by atoms with Crippen LogP contribution in [0, 0.1) is 0 Å². The number of benzene rings is 1. The minimum absolute atomic E-state index is 0.197. The van der Waals surface area contributed by atoms with Crippen LogP contribution in [0.2, 0.25) is 5.02 Å². The Kier molecular flexibility index (Phi) is 2.98. The van der Waals surface area contributed by atoms with E-state index in [-0.39, 0.29) is 21.0 Å². The molecule has 2 nitrogen and oxygen atoms in total. The molecule has 2 N–H and O–H groups in total. The van der Waals surface area contributed by atoms with Crippen LogP contribution in [0.25, 0.3) is 5.70 Å². The number of nitrogens with two attached hydrogens (primary N) is 1. The zero-order valence-corrected chi connectivity index (χ0v) is 10.2. The highest BCUT2D eigenvalue weighted by Gasteiger charge is 2.06. The molecule has 1 aromatic carbocycles. The number of anilines is 1. The van der Waals surface area contributed by atoms with Crippen LogP contribution in [0.3, 0.4) is 0 Å². The van der Waals surface area contributed by atoms with Crippen LogP contribution in [0.15, 0.2) is 37.6 Å². The van der Waals surface area contributed by atoms with Gasteiger partial charge in [-0.15, -0.1) is 0 Å². The molecule has 0 fully saturated rings. The van der Waals surface area contributed by atoms with Gasteiger partial charge in [-0.3, -0.25) is 0 Å². The molecule has 2 rings (SSSR count). The van der Waals surface area contributed by atoms with E-state index in [0.717, 1.165) is 11.3 Å². The second kappa shape index (κ2) is 4.23. The fourth-order valence-corrected chi connectivity index (χ4v) is 2.63. The molecule has 0 saturated carbocycles. The molecule has 0 bridgehead atoms. The number of hydrogen-bond donors (Lipinski definition) is 1. The molecule has 0 radical (unpaired) electrons. The summed E-state index contributed by atoms with van der Waals surface area (Å²) in [6, 6.07) is 5.46. The fraction of sp³-hybridized carbons (Fsp3) is 0. The average molecular weight is 319 g/mol. The second-order valence-corrected chi connectivity index (χ2v) is 4.96. The molecule has 0 atom stereocenters. The van der Waals surface area contributed by atoms with Gasteiger partial charge in [-0.25, -0.2) is 3.15 Å². The molecule has 72 valence electrons. The molecule has 1 heterocycles. The molecule has 0 aromatic heterocycles. The maximum atomic E-state index is 6.06. The summed E-state index contributed by atoms with van der Waals surface area (Å²) in [4.78, 5) is 0. The van der Waals surface area contributed by atoms with Crippen LogP contribution < -0.4 is 5.73 Å². The number of halogens is 2. The Labute approximate surface area is 97.6 Å². The topological polar surface area (TPSA) is 38.4 Å². The van der Waals surface area contributed by atoms with Crippen molar-refractivity contribution in [3.8, 4) is 0 Å². The zero-order chi connectivity index (χ0) is 9.97. The van der Waals surface area contributed by atoms with E-state index < -0.39 is 0 Å². The standard InChI is InChI=1S/C10H8ClIN2/c11-9-4-3-7(13)6-8(9)10-2-1-5-12-14-10/h1-6H,13H2. The van der Waals surface area contributed by atoms with Gasteiger partial charge >= 0.3 is 0 Å². The van der Waals surface area contributed by atoms with Gasteiger partial charge in [0.2, 0.25) is 0 Å². The number of rotatable bonds is 1. The molecule has 14 heavy (non-hydrogen) atoms. The lowest BCUT2D eigenvalue weighted by Crippen LogP contribution is -1.88. The number of allylic oxidation sites excluding steroid dienone is 2. The molecular weight excluding hydrogens is 310 g/mol. The summed E-state index contributed by atoms with van der Waals surface area (Å²) in [6.45, 7) is 0. The number of hydrogen-bond acceptors (Lipinski definition) is 2. The van der Waals surface area contributed by atoms with Gasteiger partial charge in [-0.05, 0) is 28.4 Å². The van der Waals surface area contributed by atoms with Crippen molar-refractivity contribution in [1.29, 1.82) is 0 Å². The Morgan fingerprint density at radius 2 is 2.21 bits per heavy atom. The molecule has 4 heteroatoms. The van der Waals surface area contributed by atoms with Crippen LogP contribution in [-0.4, -0.2) is 0 Å². The summed E-state index contributed by atoms with van der Waals surface area (Å²) < 4.78 is 6.55. The summed E-state index contributed by atoms with van der Waals surface area (Å²) in [5.74, 6) is 0. The second-order valence-electron chi connectivity index (χ2n) is 2.79. The highest BCUT2D eigenvalue weighted by molar-refractivity contribution is 14.2. The lowest BCUT2D eigenvalue weighted by atomic mass is 10.1. The van der Waals surface area contributed by atoms with Crippen molar-refractivity contribution < 1.29 is 0 Å². The van der Waals surface area contributed by atoms with Crippen LogP contribution in [0.4, 0.5) is 5.69 Å². The molecule has 0 aliphatic carbocycles. The Balaban J connectivity index is 2.50. The van der Waals surface area contributed by atoms with Gasteiger partial charge < -0.3 is 5.73 Å². The highest BCUT2D eigenvalue weighted by atomic mass is 127. The molecule has 1 aliphatic heterocycles. The van der Waals surface area contributed by atoms with Crippen molar-refractivity contribution in [2.45, 2.75) is 0 Å². The molecule has 0 saturated heterocycles. The minimum atomic E-state index is -0.197. The molecule has 1 aliphatic rings. The van der Waals surface area contributed by atoms with E-state index in [2.05, 4.69) is 7.23 Å². The Hall–Kier alpha value is -0.680. The SMILES string of the molecule is Nc1ccc(Cl)c(C2=CC=CI=N2)c1. The van der Waals surface area contributed by atoms with Crippen LogP contribution in [0.5, 0.6) is 0 Å². The summed E-state index contributed by atoms with van der Waals surface area (Å²) in [5, 5.41) is 0.702. The lowest BCUT2D eigenvalue weighted by molar-refractivity contribution is 1.54. The van der Waals surface area contributed by atoms with Gasteiger partial charge in [0.25, 0.3) is 0 Å². The first-order valence-corrected chi connectivity index (χ1v) is 6.62. The fourth-order valence-electron chi connectivity index (χ4n) is 1.14. The van der Waals surface area contributed by atoms with E-state index in [1.165, 1.54) is 0 Å². The van der Waals surface area contributed by atoms with Crippen LogP contribution >= 0.6 is 32.6 Å². The largest absolute Gasteiger partial charge is 0.399 e. The van der Waals surface area contributed by atoms with Gasteiger partial charge in [0, 0.05) is 32.3 Å². The zero-order valence-electron chi connectivity index (χ0n) is 7.24. The first-order chi connectivity index (χ1) is 6.77. The lowest BCUT2D eigenvalue weighted by Gasteiger charge is -2.06. The highest BCUT2D eigenvalue weighted by Crippen LogP contribution is 2.31. The van der Waals surface area contributed by atoms with Gasteiger partial charge in [0.1, 0.15) is 0 Å². The maximum absolute atomic E-state index is 6.06. The average Bonchev–Trinajstić information content (AvgIpc) is 2.23. The van der Waals surface area contributed by atoms with Crippen molar-refractivity contribution in [2.24, 2.45) is 3.15 Å². The normalized spacial score (nSPS) is 14.8. The molecular formula is C10H8ClIN2. The minimum Gasteiger partial charge on any atom is -0.399 e. The predicted molar refractivity (Wildman–Crippen MR) is 69.4 cm³/mol. The summed E-state index contributed by atoms with van der Waals surface area (Å²) >= 11 is 5.86. The van der Waals surface area contributed by atoms with Gasteiger partial charge in [-0.2, -0.15) is 0 Å². The summed E-state index contributed by atoms with van der Waals surface area (Å²) in [5.41, 5.74) is 8.28. The van der Waals surface area contributed by atoms with Crippen molar-refractivity contribution >= 4 is 44.0 Å². The molecule has 1 aromatic rings. The van der Waals surface area contributed by atoms with Crippen LogP contribution in [-0.2, 0) is 0 Å². The third-order valence-corrected chi connectivity index (χ3v) is 3.65. The van der Waals surface area contributed by atoms with E-state index in [1.54, 1.807) is 12.1 Å². The first kappa shape index (κ1) is 9.86. The third kappa shape index (κ3) is 2.04. The molecule has 0 spiro atoms. The van der Waals surface area contributed by atoms with Crippen LogP contribution in [0.1, 0.15) is 5.56 Å². The first-order valence-electron chi connectivity index (χ1n) is 4.03. The van der Waals surface area contributed by atoms with E-state index in [1.807, 2.05) is 18.2 Å². The van der Waals surface area contributed by atoms with Crippen molar-refractivity contribution in [1.82, 2.24) is 0 Å². The van der Waals surface area contributed by atoms with Crippen molar-refractivity contribution in [2.75, 3.05) is 5.73 Å². The quantitative estimate of drug-likeness (QED) is 0.618. The summed E-state index contributed by atoms with van der Waals surface area (Å²) in [7, 11) is 0. The molecule has 0 amide bonds. The maximum Gasteiger partial charge on any atom is 0.0779 e. The van der Waals surface area contributed by atoms with E-state index in [4.69, 9.17) is 17.3 Å². The predicted octanol–water partition coefficient (Wildman–Crippen LogP) is 3.94. The Bertz CT molecular complexity index is 449. The van der Waals surface area contributed by atoms with E-state index in [9.17, 15) is 0 Å². The van der Waals surface area contributed by atoms with E-state index in [0.29, 0.717) is 10.7 Å². The third-order valence-electron chi connectivity index (χ3n) is 1.79. The van der Waals surface area contributed by atoms with E-state index >= 15 is 0 Å². The van der Waals surface area contributed by atoms with Gasteiger partial charge in [0.05, 0.1) is 10.7 Å². The monoisotopic (exact) mass is 318 g/mol. The Morgan fingerprint density at radius 1 is 1.36 bits per heavy atom. The number of nitrogens with zero attached hydrogens (tertiary/aromatic N) is 1. The van der Waals surface area contributed by atoms with Crippen molar-refractivity contribution in [3.63, 3.8) is 0 Å². The van der Waals surface area contributed by atoms with Gasteiger partial charge in [-0.1, -0.05) is 17.7 Å². The molecule has 0 unspecified atom stereocenters. The van der Waals surface area contributed by atoms with Gasteiger partial charge in [0.15, 0.2) is 0 Å². The smallest absolute Gasteiger partial charge is 0.0779 e. The van der Waals surface area contributed by atoms with Crippen molar-refractivity contribution in [3.05, 3.63) is 45.0 Å².